The molecule has 0 spiro atoms. The Bertz CT molecular complexity index is 597. The van der Waals surface area contributed by atoms with Crippen molar-refractivity contribution in [3.63, 3.8) is 0 Å². The van der Waals surface area contributed by atoms with Crippen LogP contribution in [0.2, 0.25) is 0 Å². The lowest BCUT2D eigenvalue weighted by Gasteiger charge is -2.14. The zero-order valence-corrected chi connectivity index (χ0v) is 11.2. The van der Waals surface area contributed by atoms with Crippen LogP contribution in [0.1, 0.15) is 18.4 Å². The number of halogens is 2. The van der Waals surface area contributed by atoms with Crippen LogP contribution in [-0.2, 0) is 10.0 Å². The molecule has 0 radical (unpaired) electrons. The SMILES string of the molecule is Cc1cc(S(=O)(=O)NCC2(CO)CC2)c(F)cc1F. The van der Waals surface area contributed by atoms with E-state index in [1.54, 1.807) is 0 Å². The topological polar surface area (TPSA) is 66.4 Å². The van der Waals surface area contributed by atoms with Crippen LogP contribution in [0.25, 0.3) is 0 Å². The molecule has 0 unspecified atom stereocenters. The van der Waals surface area contributed by atoms with Gasteiger partial charge in [-0.2, -0.15) is 0 Å². The smallest absolute Gasteiger partial charge is 0.243 e. The minimum atomic E-state index is -4.04. The molecule has 1 aromatic carbocycles. The Hall–Kier alpha value is -1.05. The Morgan fingerprint density at radius 1 is 1.32 bits per heavy atom. The zero-order chi connectivity index (χ0) is 14.3. The number of aliphatic hydroxyl groups is 1. The van der Waals surface area contributed by atoms with Gasteiger partial charge in [0.05, 0.1) is 0 Å². The minimum Gasteiger partial charge on any atom is -0.396 e. The van der Waals surface area contributed by atoms with Gasteiger partial charge in [-0.15, -0.1) is 0 Å². The van der Waals surface area contributed by atoms with Crippen molar-refractivity contribution in [2.24, 2.45) is 5.41 Å². The Labute approximate surface area is 110 Å². The number of benzene rings is 1. The number of aliphatic hydroxyl groups excluding tert-OH is 1. The molecule has 2 rings (SSSR count). The standard InChI is InChI=1S/C12H15F2NO3S/c1-8-4-11(10(14)5-9(8)13)19(17,18)15-6-12(7-16)2-3-12/h4-5,15-16H,2-3,6-7H2,1H3. The number of aryl methyl sites for hydroxylation is 1. The van der Waals surface area contributed by atoms with E-state index < -0.39 is 32.0 Å². The molecule has 106 valence electrons. The van der Waals surface area contributed by atoms with E-state index in [1.165, 1.54) is 6.92 Å². The molecule has 1 saturated carbocycles. The van der Waals surface area contributed by atoms with E-state index >= 15 is 0 Å². The molecule has 1 aromatic rings. The van der Waals surface area contributed by atoms with Crippen LogP contribution in [0.4, 0.5) is 8.78 Å². The molecule has 1 aliphatic rings. The summed E-state index contributed by atoms with van der Waals surface area (Å²) in [5.74, 6) is -1.91. The molecule has 0 heterocycles. The van der Waals surface area contributed by atoms with Crippen molar-refractivity contribution >= 4 is 10.0 Å². The van der Waals surface area contributed by atoms with E-state index in [4.69, 9.17) is 5.11 Å². The summed E-state index contributed by atoms with van der Waals surface area (Å²) < 4.78 is 52.8. The van der Waals surface area contributed by atoms with Crippen LogP contribution in [0, 0.1) is 24.0 Å². The van der Waals surface area contributed by atoms with Gasteiger partial charge >= 0.3 is 0 Å². The first-order chi connectivity index (χ1) is 8.80. The fraction of sp³-hybridized carbons (Fsp3) is 0.500. The predicted octanol–water partition coefficient (Wildman–Crippen LogP) is 1.32. The van der Waals surface area contributed by atoms with E-state index in [-0.39, 0.29) is 18.7 Å². The highest BCUT2D eigenvalue weighted by molar-refractivity contribution is 7.89. The van der Waals surface area contributed by atoms with Gasteiger partial charge in [-0.1, -0.05) is 0 Å². The summed E-state index contributed by atoms with van der Waals surface area (Å²) in [6.07, 6.45) is 1.47. The first kappa shape index (κ1) is 14.4. The molecule has 19 heavy (non-hydrogen) atoms. The maximum atomic E-state index is 13.5. The molecule has 0 amide bonds. The molecule has 4 nitrogen and oxygen atoms in total. The average Bonchev–Trinajstić information content (AvgIpc) is 3.12. The predicted molar refractivity (Wildman–Crippen MR) is 65.0 cm³/mol. The van der Waals surface area contributed by atoms with Gasteiger partial charge in [0, 0.05) is 24.6 Å². The van der Waals surface area contributed by atoms with Crippen LogP contribution in [0.5, 0.6) is 0 Å². The van der Waals surface area contributed by atoms with Crippen molar-refractivity contribution in [2.45, 2.75) is 24.7 Å². The summed E-state index contributed by atoms with van der Waals surface area (Å²) in [5.41, 5.74) is -0.358. The van der Waals surface area contributed by atoms with Crippen molar-refractivity contribution < 1.29 is 22.3 Å². The molecule has 0 atom stereocenters. The number of nitrogens with one attached hydrogen (secondary N) is 1. The van der Waals surface area contributed by atoms with Gasteiger partial charge in [0.25, 0.3) is 0 Å². The Morgan fingerprint density at radius 2 is 1.95 bits per heavy atom. The molecule has 0 saturated heterocycles. The van der Waals surface area contributed by atoms with E-state index in [0.29, 0.717) is 6.07 Å². The van der Waals surface area contributed by atoms with Crippen molar-refractivity contribution in [3.8, 4) is 0 Å². The Kier molecular flexibility index (Phi) is 3.63. The summed E-state index contributed by atoms with van der Waals surface area (Å²) in [7, 11) is -4.04. The highest BCUT2D eigenvalue weighted by atomic mass is 32.2. The molecule has 2 N–H and O–H groups in total. The van der Waals surface area contributed by atoms with Crippen LogP contribution < -0.4 is 4.72 Å². The Balaban J connectivity index is 2.22. The summed E-state index contributed by atoms with van der Waals surface area (Å²) >= 11 is 0. The van der Waals surface area contributed by atoms with Gasteiger partial charge < -0.3 is 5.11 Å². The van der Waals surface area contributed by atoms with Gasteiger partial charge in [0.15, 0.2) is 0 Å². The van der Waals surface area contributed by atoms with E-state index in [2.05, 4.69) is 4.72 Å². The highest BCUT2D eigenvalue weighted by Crippen LogP contribution is 2.44. The van der Waals surface area contributed by atoms with E-state index in [0.717, 1.165) is 18.9 Å². The first-order valence-corrected chi connectivity index (χ1v) is 7.34. The molecular weight excluding hydrogens is 276 g/mol. The molecule has 7 heteroatoms. The summed E-state index contributed by atoms with van der Waals surface area (Å²) in [6, 6.07) is 1.52. The lowest BCUT2D eigenvalue weighted by atomic mass is 10.1. The lowest BCUT2D eigenvalue weighted by molar-refractivity contribution is 0.213. The minimum absolute atomic E-state index is 0.0572. The van der Waals surface area contributed by atoms with Gasteiger partial charge in [-0.3, -0.25) is 0 Å². The molecule has 1 fully saturated rings. The number of hydrogen-bond donors (Lipinski definition) is 2. The quantitative estimate of drug-likeness (QED) is 0.860. The number of hydrogen-bond acceptors (Lipinski definition) is 3. The zero-order valence-electron chi connectivity index (χ0n) is 10.4. The van der Waals surface area contributed by atoms with Crippen LogP contribution in [0.15, 0.2) is 17.0 Å². The maximum absolute atomic E-state index is 13.5. The normalized spacial score (nSPS) is 17.5. The van der Waals surface area contributed by atoms with Crippen molar-refractivity contribution in [1.29, 1.82) is 0 Å². The highest BCUT2D eigenvalue weighted by Gasteiger charge is 2.42. The van der Waals surface area contributed by atoms with Crippen LogP contribution >= 0.6 is 0 Å². The second kappa shape index (κ2) is 4.81. The van der Waals surface area contributed by atoms with E-state index in [1.807, 2.05) is 0 Å². The van der Waals surface area contributed by atoms with E-state index in [9.17, 15) is 17.2 Å². The fourth-order valence-electron chi connectivity index (χ4n) is 1.73. The van der Waals surface area contributed by atoms with Crippen LogP contribution in [0.3, 0.4) is 0 Å². The van der Waals surface area contributed by atoms with Crippen molar-refractivity contribution in [1.82, 2.24) is 4.72 Å². The molecule has 0 aromatic heterocycles. The number of sulfonamides is 1. The summed E-state index contributed by atoms with van der Waals surface area (Å²) in [6.45, 7) is 1.31. The second-order valence-corrected chi connectivity index (χ2v) is 6.75. The van der Waals surface area contributed by atoms with Gasteiger partial charge in [-0.25, -0.2) is 21.9 Å². The largest absolute Gasteiger partial charge is 0.396 e. The average molecular weight is 291 g/mol. The van der Waals surface area contributed by atoms with Gasteiger partial charge in [0.2, 0.25) is 10.0 Å². The van der Waals surface area contributed by atoms with Crippen molar-refractivity contribution in [2.75, 3.05) is 13.2 Å². The first-order valence-electron chi connectivity index (χ1n) is 5.86. The molecule has 1 aliphatic carbocycles. The molecule has 0 aliphatic heterocycles. The Morgan fingerprint density at radius 3 is 2.47 bits per heavy atom. The van der Waals surface area contributed by atoms with Crippen molar-refractivity contribution in [3.05, 3.63) is 29.3 Å². The van der Waals surface area contributed by atoms with Gasteiger partial charge in [0.1, 0.15) is 16.5 Å². The monoisotopic (exact) mass is 291 g/mol. The van der Waals surface area contributed by atoms with Gasteiger partial charge in [-0.05, 0) is 31.4 Å². The lowest BCUT2D eigenvalue weighted by Crippen LogP contribution is -2.32. The van der Waals surface area contributed by atoms with Crippen LogP contribution in [-0.4, -0.2) is 26.7 Å². The fourth-order valence-corrected chi connectivity index (χ4v) is 3.03. The third-order valence-corrected chi connectivity index (χ3v) is 4.85. The summed E-state index contributed by atoms with van der Waals surface area (Å²) in [4.78, 5) is -0.569. The molecular formula is C12H15F2NO3S. The summed E-state index contributed by atoms with van der Waals surface area (Å²) in [5, 5.41) is 9.10. The third kappa shape index (κ3) is 2.93. The second-order valence-electron chi connectivity index (χ2n) is 5.01. The molecule has 0 bridgehead atoms. The number of rotatable bonds is 5. The third-order valence-electron chi connectivity index (χ3n) is 3.43. The maximum Gasteiger partial charge on any atom is 0.243 e.